The number of amides is 1. The van der Waals surface area contributed by atoms with Crippen molar-refractivity contribution in [3.8, 4) is 0 Å². The largest absolute Gasteiger partial charge is 0.321 e. The van der Waals surface area contributed by atoms with Gasteiger partial charge < -0.3 is 5.32 Å². The van der Waals surface area contributed by atoms with Gasteiger partial charge in [-0.1, -0.05) is 42.3 Å². The summed E-state index contributed by atoms with van der Waals surface area (Å²) in [5.41, 5.74) is 1.16. The van der Waals surface area contributed by atoms with E-state index in [1.54, 1.807) is 30.0 Å². The van der Waals surface area contributed by atoms with Crippen molar-refractivity contribution in [3.63, 3.8) is 0 Å². The van der Waals surface area contributed by atoms with E-state index in [1.807, 2.05) is 24.3 Å². The molecule has 0 aliphatic rings. The third-order valence-corrected chi connectivity index (χ3v) is 4.61. The van der Waals surface area contributed by atoms with Crippen molar-refractivity contribution in [3.05, 3.63) is 58.1 Å². The minimum Gasteiger partial charge on any atom is -0.321 e. The molecule has 110 valence electrons. The Morgan fingerprint density at radius 2 is 1.95 bits per heavy atom. The molecule has 5 heteroatoms. The van der Waals surface area contributed by atoms with Crippen molar-refractivity contribution in [1.29, 1.82) is 0 Å². The van der Waals surface area contributed by atoms with Gasteiger partial charge in [0.2, 0.25) is 0 Å². The SMILES string of the molecule is CCCSc1ccccc1C(=O)Nc1cc(Cl)ccc1Cl. The minimum atomic E-state index is -0.182. The van der Waals surface area contributed by atoms with Gasteiger partial charge >= 0.3 is 0 Å². The second kappa shape index (κ2) is 7.74. The van der Waals surface area contributed by atoms with Gasteiger partial charge in [-0.05, 0) is 42.5 Å². The number of halogens is 2. The van der Waals surface area contributed by atoms with E-state index in [0.29, 0.717) is 21.3 Å². The van der Waals surface area contributed by atoms with Crippen LogP contribution in [0.5, 0.6) is 0 Å². The molecule has 0 atom stereocenters. The van der Waals surface area contributed by atoms with Crippen LogP contribution in [0.3, 0.4) is 0 Å². The summed E-state index contributed by atoms with van der Waals surface area (Å²) in [6.07, 6.45) is 1.06. The van der Waals surface area contributed by atoms with Gasteiger partial charge in [-0.15, -0.1) is 11.8 Å². The predicted molar refractivity (Wildman–Crippen MR) is 91.9 cm³/mol. The first kappa shape index (κ1) is 16.2. The zero-order valence-corrected chi connectivity index (χ0v) is 13.9. The molecule has 0 fully saturated rings. The standard InChI is InChI=1S/C16H15Cl2NOS/c1-2-9-21-15-6-4-3-5-12(15)16(20)19-14-10-11(17)7-8-13(14)18/h3-8,10H,2,9H2,1H3,(H,19,20). The first-order valence-electron chi connectivity index (χ1n) is 6.60. The molecule has 0 aliphatic carbocycles. The van der Waals surface area contributed by atoms with Gasteiger partial charge in [-0.25, -0.2) is 0 Å². The summed E-state index contributed by atoms with van der Waals surface area (Å²) in [5, 5.41) is 3.81. The summed E-state index contributed by atoms with van der Waals surface area (Å²) < 4.78 is 0. The average Bonchev–Trinajstić information content (AvgIpc) is 2.49. The smallest absolute Gasteiger partial charge is 0.256 e. The van der Waals surface area contributed by atoms with Crippen LogP contribution >= 0.6 is 35.0 Å². The van der Waals surface area contributed by atoms with Gasteiger partial charge in [-0.3, -0.25) is 4.79 Å². The van der Waals surface area contributed by atoms with Crippen molar-refractivity contribution in [2.75, 3.05) is 11.1 Å². The van der Waals surface area contributed by atoms with E-state index in [9.17, 15) is 4.79 Å². The normalized spacial score (nSPS) is 10.4. The molecule has 2 rings (SSSR count). The zero-order valence-electron chi connectivity index (χ0n) is 11.5. The fourth-order valence-electron chi connectivity index (χ4n) is 1.78. The molecule has 0 unspecified atom stereocenters. The summed E-state index contributed by atoms with van der Waals surface area (Å²) >= 11 is 13.7. The Hall–Kier alpha value is -1.16. The molecule has 1 N–H and O–H groups in total. The van der Waals surface area contributed by atoms with Crippen LogP contribution in [0.1, 0.15) is 23.7 Å². The Balaban J connectivity index is 2.22. The number of benzene rings is 2. The van der Waals surface area contributed by atoms with E-state index in [-0.39, 0.29) is 5.91 Å². The zero-order chi connectivity index (χ0) is 15.2. The molecular weight excluding hydrogens is 325 g/mol. The number of rotatable bonds is 5. The lowest BCUT2D eigenvalue weighted by molar-refractivity contribution is 0.102. The minimum absolute atomic E-state index is 0.182. The maximum atomic E-state index is 12.4. The fourth-order valence-corrected chi connectivity index (χ4v) is 3.03. The summed E-state index contributed by atoms with van der Waals surface area (Å²) in [6.45, 7) is 2.11. The Morgan fingerprint density at radius 3 is 2.71 bits per heavy atom. The highest BCUT2D eigenvalue weighted by Gasteiger charge is 2.13. The number of hydrogen-bond acceptors (Lipinski definition) is 2. The third kappa shape index (κ3) is 4.40. The number of nitrogens with one attached hydrogen (secondary N) is 1. The van der Waals surface area contributed by atoms with Crippen molar-refractivity contribution in [1.82, 2.24) is 0 Å². The molecule has 2 nitrogen and oxygen atoms in total. The lowest BCUT2D eigenvalue weighted by atomic mass is 10.2. The van der Waals surface area contributed by atoms with Crippen LogP contribution in [-0.4, -0.2) is 11.7 Å². The van der Waals surface area contributed by atoms with E-state index >= 15 is 0 Å². The molecule has 0 heterocycles. The summed E-state index contributed by atoms with van der Waals surface area (Å²) in [4.78, 5) is 13.4. The quantitative estimate of drug-likeness (QED) is 0.703. The monoisotopic (exact) mass is 339 g/mol. The topological polar surface area (TPSA) is 29.1 Å². The number of hydrogen-bond donors (Lipinski definition) is 1. The maximum Gasteiger partial charge on any atom is 0.256 e. The van der Waals surface area contributed by atoms with Gasteiger partial charge in [0.15, 0.2) is 0 Å². The molecule has 0 bridgehead atoms. The molecule has 2 aromatic rings. The lowest BCUT2D eigenvalue weighted by Gasteiger charge is -2.11. The highest BCUT2D eigenvalue weighted by atomic mass is 35.5. The van der Waals surface area contributed by atoms with Gasteiger partial charge in [0.1, 0.15) is 0 Å². The van der Waals surface area contributed by atoms with Crippen LogP contribution in [0.4, 0.5) is 5.69 Å². The van der Waals surface area contributed by atoms with E-state index < -0.39 is 0 Å². The number of carbonyl (C=O) groups is 1. The Labute approximate surface area is 138 Å². The van der Waals surface area contributed by atoms with Crippen molar-refractivity contribution in [2.24, 2.45) is 0 Å². The van der Waals surface area contributed by atoms with E-state index in [0.717, 1.165) is 17.1 Å². The first-order valence-corrected chi connectivity index (χ1v) is 8.34. The Bertz CT molecular complexity index is 646. The molecule has 21 heavy (non-hydrogen) atoms. The third-order valence-electron chi connectivity index (χ3n) is 2.77. The summed E-state index contributed by atoms with van der Waals surface area (Å²) in [6, 6.07) is 12.5. The number of anilines is 1. The molecule has 0 saturated heterocycles. The fraction of sp³-hybridized carbons (Fsp3) is 0.188. The Kier molecular flexibility index (Phi) is 5.97. The average molecular weight is 340 g/mol. The summed E-state index contributed by atoms with van der Waals surface area (Å²) in [5.74, 6) is 0.792. The first-order chi connectivity index (χ1) is 10.1. The van der Waals surface area contributed by atoms with E-state index in [4.69, 9.17) is 23.2 Å². The molecule has 0 saturated carbocycles. The van der Waals surface area contributed by atoms with Gasteiger partial charge in [0, 0.05) is 9.92 Å². The molecule has 2 aromatic carbocycles. The maximum absolute atomic E-state index is 12.4. The molecule has 0 aromatic heterocycles. The molecule has 0 aliphatic heterocycles. The van der Waals surface area contributed by atoms with E-state index in [2.05, 4.69) is 12.2 Å². The summed E-state index contributed by atoms with van der Waals surface area (Å²) in [7, 11) is 0. The highest BCUT2D eigenvalue weighted by molar-refractivity contribution is 7.99. The molecule has 0 spiro atoms. The molecule has 1 amide bonds. The van der Waals surface area contributed by atoms with Gasteiger partial charge in [0.25, 0.3) is 5.91 Å². The lowest BCUT2D eigenvalue weighted by Crippen LogP contribution is -2.13. The molecular formula is C16H15Cl2NOS. The number of carbonyl (C=O) groups excluding carboxylic acids is 1. The van der Waals surface area contributed by atoms with Crippen LogP contribution in [0.2, 0.25) is 10.0 Å². The van der Waals surface area contributed by atoms with Crippen LogP contribution in [0.15, 0.2) is 47.4 Å². The van der Waals surface area contributed by atoms with Crippen molar-refractivity contribution < 1.29 is 4.79 Å². The molecule has 0 radical (unpaired) electrons. The van der Waals surface area contributed by atoms with Gasteiger partial charge in [-0.2, -0.15) is 0 Å². The van der Waals surface area contributed by atoms with Crippen LogP contribution < -0.4 is 5.32 Å². The number of thioether (sulfide) groups is 1. The Morgan fingerprint density at radius 1 is 1.19 bits per heavy atom. The second-order valence-electron chi connectivity index (χ2n) is 4.42. The van der Waals surface area contributed by atoms with Crippen LogP contribution in [0.25, 0.3) is 0 Å². The predicted octanol–water partition coefficient (Wildman–Crippen LogP) is 5.75. The van der Waals surface area contributed by atoms with Crippen LogP contribution in [-0.2, 0) is 0 Å². The second-order valence-corrected chi connectivity index (χ2v) is 6.40. The van der Waals surface area contributed by atoms with Gasteiger partial charge in [0.05, 0.1) is 16.3 Å². The van der Waals surface area contributed by atoms with E-state index in [1.165, 1.54) is 0 Å². The highest BCUT2D eigenvalue weighted by Crippen LogP contribution is 2.28. The van der Waals surface area contributed by atoms with Crippen LogP contribution in [0, 0.1) is 0 Å². The van der Waals surface area contributed by atoms with Crippen molar-refractivity contribution in [2.45, 2.75) is 18.2 Å². The van der Waals surface area contributed by atoms with Crippen molar-refractivity contribution >= 4 is 46.6 Å².